The zero-order chi connectivity index (χ0) is 13.3. The van der Waals surface area contributed by atoms with E-state index in [0.717, 1.165) is 44.6 Å². The second kappa shape index (κ2) is 5.06. The first-order valence-corrected chi connectivity index (χ1v) is 7.10. The van der Waals surface area contributed by atoms with Crippen molar-refractivity contribution in [3.8, 4) is 0 Å². The molecule has 0 radical (unpaired) electrons. The molecule has 2 N–H and O–H groups in total. The number of hydrogen-bond donors (Lipinski definition) is 2. The second-order valence-corrected chi connectivity index (χ2v) is 5.77. The minimum atomic E-state index is -0.451. The maximum Gasteiger partial charge on any atom is 0.147 e. The number of anilines is 1. The van der Waals surface area contributed by atoms with Crippen LogP contribution in [0.1, 0.15) is 37.8 Å². The fourth-order valence-electron chi connectivity index (χ4n) is 3.37. The van der Waals surface area contributed by atoms with Gasteiger partial charge in [0.05, 0.1) is 30.3 Å². The van der Waals surface area contributed by atoms with Gasteiger partial charge >= 0.3 is 0 Å². The zero-order valence-electron chi connectivity index (χ0n) is 11.1. The van der Waals surface area contributed by atoms with E-state index in [9.17, 15) is 5.11 Å². The molecule has 2 atom stereocenters. The van der Waals surface area contributed by atoms with Crippen molar-refractivity contribution in [1.82, 2.24) is 9.97 Å². The Bertz CT molecular complexity index is 437. The van der Waals surface area contributed by atoms with Crippen LogP contribution < -0.4 is 4.90 Å². The third-order valence-electron chi connectivity index (χ3n) is 4.61. The molecule has 2 heterocycles. The Morgan fingerprint density at radius 2 is 2.16 bits per heavy atom. The average Bonchev–Trinajstić information content (AvgIpc) is 2.46. The lowest BCUT2D eigenvalue weighted by Crippen LogP contribution is -2.53. The molecule has 2 fully saturated rings. The van der Waals surface area contributed by atoms with Crippen LogP contribution in [0.15, 0.2) is 12.4 Å². The van der Waals surface area contributed by atoms with Crippen LogP contribution in [-0.4, -0.2) is 38.9 Å². The van der Waals surface area contributed by atoms with Crippen molar-refractivity contribution < 1.29 is 10.2 Å². The smallest absolute Gasteiger partial charge is 0.147 e. The molecule has 1 aromatic heterocycles. The Morgan fingerprint density at radius 1 is 1.26 bits per heavy atom. The van der Waals surface area contributed by atoms with E-state index in [4.69, 9.17) is 5.11 Å². The van der Waals surface area contributed by atoms with E-state index in [1.165, 1.54) is 6.42 Å². The van der Waals surface area contributed by atoms with E-state index >= 15 is 0 Å². The van der Waals surface area contributed by atoms with Gasteiger partial charge in [-0.25, -0.2) is 4.98 Å². The normalized spacial score (nSPS) is 31.1. The first-order valence-electron chi connectivity index (χ1n) is 7.10. The van der Waals surface area contributed by atoms with Crippen molar-refractivity contribution in [3.63, 3.8) is 0 Å². The number of aliphatic hydroxyl groups excluding tert-OH is 1. The molecule has 5 heteroatoms. The maximum absolute atomic E-state index is 10.6. The quantitative estimate of drug-likeness (QED) is 0.836. The molecule has 0 aromatic carbocycles. The summed E-state index contributed by atoms with van der Waals surface area (Å²) in [5.41, 5.74) is 0.141. The molecule has 0 amide bonds. The number of rotatable bonds is 2. The van der Waals surface area contributed by atoms with Crippen molar-refractivity contribution >= 4 is 5.82 Å². The van der Waals surface area contributed by atoms with Crippen LogP contribution in [0.25, 0.3) is 0 Å². The highest BCUT2D eigenvalue weighted by atomic mass is 16.3. The summed E-state index contributed by atoms with van der Waals surface area (Å²) in [6.45, 7) is 1.62. The Kier molecular flexibility index (Phi) is 3.41. The molecule has 1 aliphatic heterocycles. The SMILES string of the molecule is OCc1cnc(N2CCC3(O)CCCCC3C2)cn1. The lowest BCUT2D eigenvalue weighted by Gasteiger charge is -2.47. The van der Waals surface area contributed by atoms with E-state index < -0.39 is 5.60 Å². The van der Waals surface area contributed by atoms with Gasteiger partial charge in [-0.3, -0.25) is 4.98 Å². The summed E-state index contributed by atoms with van der Waals surface area (Å²) < 4.78 is 0. The second-order valence-electron chi connectivity index (χ2n) is 5.77. The predicted octanol–water partition coefficient (Wildman–Crippen LogP) is 1.10. The van der Waals surface area contributed by atoms with Crippen LogP contribution in [0, 0.1) is 5.92 Å². The zero-order valence-corrected chi connectivity index (χ0v) is 11.1. The topological polar surface area (TPSA) is 69.5 Å². The molecule has 3 rings (SSSR count). The molecule has 0 spiro atoms. The van der Waals surface area contributed by atoms with Crippen molar-refractivity contribution in [2.45, 2.75) is 44.3 Å². The average molecular weight is 263 g/mol. The van der Waals surface area contributed by atoms with Crippen LogP contribution in [0.2, 0.25) is 0 Å². The molecule has 5 nitrogen and oxygen atoms in total. The summed E-state index contributed by atoms with van der Waals surface area (Å²) in [4.78, 5) is 10.7. The summed E-state index contributed by atoms with van der Waals surface area (Å²) in [6.07, 6.45) is 8.58. The highest BCUT2D eigenvalue weighted by molar-refractivity contribution is 5.37. The standard InChI is InChI=1S/C14H21N3O2/c18-10-12-7-16-13(8-15-12)17-6-5-14(19)4-2-1-3-11(14)9-17/h7-8,11,18-19H,1-6,9-10H2. The first kappa shape index (κ1) is 12.8. The van der Waals surface area contributed by atoms with Gasteiger partial charge in [0, 0.05) is 19.0 Å². The molecular weight excluding hydrogens is 242 g/mol. The van der Waals surface area contributed by atoms with Gasteiger partial charge in [0.25, 0.3) is 0 Å². The summed E-state index contributed by atoms with van der Waals surface area (Å²) in [5.74, 6) is 1.21. The van der Waals surface area contributed by atoms with Gasteiger partial charge in [-0.05, 0) is 19.3 Å². The molecular formula is C14H21N3O2. The van der Waals surface area contributed by atoms with Gasteiger partial charge < -0.3 is 15.1 Å². The molecule has 2 unspecified atom stereocenters. The fraction of sp³-hybridized carbons (Fsp3) is 0.714. The minimum absolute atomic E-state index is 0.0738. The van der Waals surface area contributed by atoms with E-state index in [0.29, 0.717) is 11.6 Å². The number of piperidine rings is 1. The van der Waals surface area contributed by atoms with E-state index in [2.05, 4.69) is 14.9 Å². The molecule has 19 heavy (non-hydrogen) atoms. The van der Waals surface area contributed by atoms with Gasteiger partial charge in [0.2, 0.25) is 0 Å². The Morgan fingerprint density at radius 3 is 2.89 bits per heavy atom. The van der Waals surface area contributed by atoms with Gasteiger partial charge in [-0.15, -0.1) is 0 Å². The van der Waals surface area contributed by atoms with Crippen molar-refractivity contribution in [3.05, 3.63) is 18.1 Å². The monoisotopic (exact) mass is 263 g/mol. The molecule has 1 aromatic rings. The number of fused-ring (bicyclic) bond motifs is 1. The van der Waals surface area contributed by atoms with Gasteiger partial charge in [0.1, 0.15) is 5.82 Å². The number of nitrogens with zero attached hydrogens (tertiary/aromatic N) is 3. The van der Waals surface area contributed by atoms with Crippen LogP contribution in [0.3, 0.4) is 0 Å². The third-order valence-corrected chi connectivity index (χ3v) is 4.61. The molecule has 1 aliphatic carbocycles. The van der Waals surface area contributed by atoms with Crippen LogP contribution in [-0.2, 0) is 6.61 Å². The van der Waals surface area contributed by atoms with E-state index in [-0.39, 0.29) is 6.61 Å². The van der Waals surface area contributed by atoms with E-state index in [1.807, 2.05) is 0 Å². The van der Waals surface area contributed by atoms with Crippen molar-refractivity contribution in [2.24, 2.45) is 5.92 Å². The van der Waals surface area contributed by atoms with Crippen molar-refractivity contribution in [2.75, 3.05) is 18.0 Å². The fourth-order valence-corrected chi connectivity index (χ4v) is 3.37. The first-order chi connectivity index (χ1) is 9.21. The Hall–Kier alpha value is -1.20. The Labute approximate surface area is 113 Å². The van der Waals surface area contributed by atoms with Crippen molar-refractivity contribution in [1.29, 1.82) is 0 Å². The van der Waals surface area contributed by atoms with Crippen LogP contribution in [0.4, 0.5) is 5.82 Å². The molecule has 2 aliphatic rings. The lowest BCUT2D eigenvalue weighted by atomic mass is 9.71. The van der Waals surface area contributed by atoms with Crippen LogP contribution in [0.5, 0.6) is 0 Å². The predicted molar refractivity (Wildman–Crippen MR) is 71.7 cm³/mol. The summed E-state index contributed by atoms with van der Waals surface area (Å²) in [5, 5.41) is 19.6. The summed E-state index contributed by atoms with van der Waals surface area (Å²) >= 11 is 0. The minimum Gasteiger partial charge on any atom is -0.390 e. The van der Waals surface area contributed by atoms with Gasteiger partial charge in [-0.1, -0.05) is 12.8 Å². The molecule has 1 saturated heterocycles. The molecule has 0 bridgehead atoms. The summed E-state index contributed by atoms with van der Waals surface area (Å²) in [6, 6.07) is 0. The number of aromatic nitrogens is 2. The van der Waals surface area contributed by atoms with Gasteiger partial charge in [0.15, 0.2) is 0 Å². The van der Waals surface area contributed by atoms with Gasteiger partial charge in [-0.2, -0.15) is 0 Å². The summed E-state index contributed by atoms with van der Waals surface area (Å²) in [7, 11) is 0. The highest BCUT2D eigenvalue weighted by Crippen LogP contribution is 2.40. The molecule has 104 valence electrons. The van der Waals surface area contributed by atoms with E-state index in [1.54, 1.807) is 12.4 Å². The lowest BCUT2D eigenvalue weighted by molar-refractivity contribution is -0.0613. The Balaban J connectivity index is 1.73. The number of hydrogen-bond acceptors (Lipinski definition) is 5. The third kappa shape index (κ3) is 2.44. The molecule has 1 saturated carbocycles. The maximum atomic E-state index is 10.6. The van der Waals surface area contributed by atoms with Crippen LogP contribution >= 0.6 is 0 Å². The number of aliphatic hydroxyl groups is 2. The highest BCUT2D eigenvalue weighted by Gasteiger charge is 2.42. The largest absolute Gasteiger partial charge is 0.390 e.